The van der Waals surface area contributed by atoms with Gasteiger partial charge in [-0.1, -0.05) is 29.3 Å². The molecule has 1 heterocycles. The highest BCUT2D eigenvalue weighted by molar-refractivity contribution is 7.09. The van der Waals surface area contributed by atoms with Crippen molar-refractivity contribution in [2.75, 3.05) is 0 Å². The summed E-state index contributed by atoms with van der Waals surface area (Å²) in [5.41, 5.74) is 2.66. The van der Waals surface area contributed by atoms with Crippen LogP contribution in [0.4, 0.5) is 0 Å². The van der Waals surface area contributed by atoms with Crippen LogP contribution in [0.1, 0.15) is 16.5 Å². The normalized spacial score (nSPS) is 12.7. The lowest BCUT2D eigenvalue weighted by Gasteiger charge is -2.08. The standard InChI is InChI=1S/C11H9Cl2NOS/c12-8-2-1-7(3-9(8)13)4-10(15)11-5-14-6-16-11/h1-3,5-6,10,15H,4H2. The highest BCUT2D eigenvalue weighted by atomic mass is 35.5. The second-order valence-electron chi connectivity index (χ2n) is 3.37. The van der Waals surface area contributed by atoms with Gasteiger partial charge in [0, 0.05) is 12.6 Å². The van der Waals surface area contributed by atoms with Crippen molar-refractivity contribution < 1.29 is 5.11 Å². The first kappa shape index (κ1) is 11.9. The van der Waals surface area contributed by atoms with Gasteiger partial charge in [-0.25, -0.2) is 0 Å². The molecule has 2 nitrogen and oxygen atoms in total. The maximum absolute atomic E-state index is 9.92. The average molecular weight is 274 g/mol. The molecule has 16 heavy (non-hydrogen) atoms. The largest absolute Gasteiger partial charge is 0.387 e. The van der Waals surface area contributed by atoms with Crippen LogP contribution in [0.5, 0.6) is 0 Å². The van der Waals surface area contributed by atoms with Crippen LogP contribution in [-0.2, 0) is 6.42 Å². The van der Waals surface area contributed by atoms with Gasteiger partial charge in [0.2, 0.25) is 0 Å². The van der Waals surface area contributed by atoms with E-state index in [9.17, 15) is 5.11 Å². The summed E-state index contributed by atoms with van der Waals surface area (Å²) in [7, 11) is 0. The number of benzene rings is 1. The van der Waals surface area contributed by atoms with Gasteiger partial charge in [-0.3, -0.25) is 4.98 Å². The Bertz CT molecular complexity index is 473. The van der Waals surface area contributed by atoms with Gasteiger partial charge in [-0.15, -0.1) is 11.3 Å². The Kier molecular flexibility index (Phi) is 3.82. The van der Waals surface area contributed by atoms with Gasteiger partial charge in [0.1, 0.15) is 0 Å². The van der Waals surface area contributed by atoms with Crippen LogP contribution >= 0.6 is 34.5 Å². The van der Waals surface area contributed by atoms with Crippen LogP contribution < -0.4 is 0 Å². The number of hydrogen-bond donors (Lipinski definition) is 1. The number of thiazole rings is 1. The van der Waals surface area contributed by atoms with Gasteiger partial charge in [-0.05, 0) is 17.7 Å². The second kappa shape index (κ2) is 5.15. The summed E-state index contributed by atoms with van der Waals surface area (Å²) in [5, 5.41) is 11.0. The SMILES string of the molecule is OC(Cc1ccc(Cl)c(Cl)c1)c1cncs1. The first-order valence-electron chi connectivity index (χ1n) is 4.67. The molecule has 1 aromatic heterocycles. The van der Waals surface area contributed by atoms with Gasteiger partial charge in [0.05, 0.1) is 26.5 Å². The fourth-order valence-corrected chi connectivity index (χ4v) is 2.31. The summed E-state index contributed by atoms with van der Waals surface area (Å²) in [6.45, 7) is 0. The quantitative estimate of drug-likeness (QED) is 0.925. The Balaban J connectivity index is 2.12. The lowest BCUT2D eigenvalue weighted by Crippen LogP contribution is -1.99. The van der Waals surface area contributed by atoms with Crippen LogP contribution in [0.3, 0.4) is 0 Å². The zero-order valence-electron chi connectivity index (χ0n) is 8.23. The minimum atomic E-state index is -0.537. The molecule has 0 saturated carbocycles. The molecule has 0 spiro atoms. The molecule has 2 aromatic rings. The first-order chi connectivity index (χ1) is 7.66. The van der Waals surface area contributed by atoms with E-state index in [0.717, 1.165) is 10.4 Å². The fourth-order valence-electron chi connectivity index (χ4n) is 1.38. The van der Waals surface area contributed by atoms with Crippen LogP contribution in [0.15, 0.2) is 29.9 Å². The third-order valence-electron chi connectivity index (χ3n) is 2.19. The Morgan fingerprint density at radius 3 is 2.75 bits per heavy atom. The van der Waals surface area contributed by atoms with Crippen molar-refractivity contribution in [3.05, 3.63) is 50.4 Å². The molecule has 1 aromatic carbocycles. The average Bonchev–Trinajstić information content (AvgIpc) is 2.77. The molecule has 84 valence electrons. The summed E-state index contributed by atoms with van der Waals surface area (Å²) in [5.74, 6) is 0. The molecule has 1 atom stereocenters. The zero-order chi connectivity index (χ0) is 11.5. The highest BCUT2D eigenvalue weighted by Crippen LogP contribution is 2.26. The number of halogens is 2. The van der Waals surface area contributed by atoms with E-state index in [1.54, 1.807) is 23.8 Å². The van der Waals surface area contributed by atoms with Gasteiger partial charge >= 0.3 is 0 Å². The molecule has 1 N–H and O–H groups in total. The van der Waals surface area contributed by atoms with E-state index in [-0.39, 0.29) is 0 Å². The number of aliphatic hydroxyl groups excluding tert-OH is 1. The molecule has 0 saturated heterocycles. The lowest BCUT2D eigenvalue weighted by molar-refractivity contribution is 0.182. The summed E-state index contributed by atoms with van der Waals surface area (Å²) in [4.78, 5) is 4.78. The van der Waals surface area contributed by atoms with E-state index in [0.29, 0.717) is 16.5 Å². The smallest absolute Gasteiger partial charge is 0.0938 e. The molecule has 1 unspecified atom stereocenters. The molecule has 0 aliphatic rings. The molecule has 0 bridgehead atoms. The maximum Gasteiger partial charge on any atom is 0.0938 e. The van der Waals surface area contributed by atoms with Crippen molar-refractivity contribution in [1.29, 1.82) is 0 Å². The van der Waals surface area contributed by atoms with Gasteiger partial charge in [0.15, 0.2) is 0 Å². The fraction of sp³-hybridized carbons (Fsp3) is 0.182. The summed E-state index contributed by atoms with van der Waals surface area (Å²) < 4.78 is 0. The van der Waals surface area contributed by atoms with Crippen molar-refractivity contribution >= 4 is 34.5 Å². The van der Waals surface area contributed by atoms with Crippen molar-refractivity contribution in [3.8, 4) is 0 Å². The Morgan fingerprint density at radius 2 is 2.12 bits per heavy atom. The first-order valence-corrected chi connectivity index (χ1v) is 6.31. The van der Waals surface area contributed by atoms with E-state index in [1.807, 2.05) is 6.07 Å². The van der Waals surface area contributed by atoms with Gasteiger partial charge in [0.25, 0.3) is 0 Å². The van der Waals surface area contributed by atoms with E-state index in [1.165, 1.54) is 11.3 Å². The van der Waals surface area contributed by atoms with Crippen molar-refractivity contribution in [1.82, 2.24) is 4.98 Å². The molecule has 0 aliphatic carbocycles. The van der Waals surface area contributed by atoms with Crippen LogP contribution in [-0.4, -0.2) is 10.1 Å². The molecule has 0 amide bonds. The number of rotatable bonds is 3. The van der Waals surface area contributed by atoms with Crippen LogP contribution in [0, 0.1) is 0 Å². The predicted octanol–water partition coefficient (Wildman–Crippen LogP) is 3.73. The predicted molar refractivity (Wildman–Crippen MR) is 67.2 cm³/mol. The van der Waals surface area contributed by atoms with Crippen molar-refractivity contribution in [2.24, 2.45) is 0 Å². The topological polar surface area (TPSA) is 33.1 Å². The van der Waals surface area contributed by atoms with Gasteiger partial charge in [-0.2, -0.15) is 0 Å². The summed E-state index contributed by atoms with van der Waals surface area (Å²) >= 11 is 13.2. The third kappa shape index (κ3) is 2.74. The summed E-state index contributed by atoms with van der Waals surface area (Å²) in [6, 6.07) is 5.37. The Labute approximate surface area is 107 Å². The number of aromatic nitrogens is 1. The van der Waals surface area contributed by atoms with E-state index >= 15 is 0 Å². The highest BCUT2D eigenvalue weighted by Gasteiger charge is 2.10. The van der Waals surface area contributed by atoms with Crippen molar-refractivity contribution in [2.45, 2.75) is 12.5 Å². The monoisotopic (exact) mass is 273 g/mol. The Morgan fingerprint density at radius 1 is 1.31 bits per heavy atom. The molecule has 0 radical (unpaired) electrons. The number of aliphatic hydroxyl groups is 1. The molecule has 0 aliphatic heterocycles. The Hall–Kier alpha value is -0.610. The second-order valence-corrected chi connectivity index (χ2v) is 5.10. The van der Waals surface area contributed by atoms with Crippen LogP contribution in [0.2, 0.25) is 10.0 Å². The minimum absolute atomic E-state index is 0.510. The number of hydrogen-bond acceptors (Lipinski definition) is 3. The van der Waals surface area contributed by atoms with E-state index in [4.69, 9.17) is 23.2 Å². The maximum atomic E-state index is 9.92. The molecule has 2 rings (SSSR count). The number of nitrogens with zero attached hydrogens (tertiary/aromatic N) is 1. The molecular weight excluding hydrogens is 265 g/mol. The third-order valence-corrected chi connectivity index (χ3v) is 3.81. The molecule has 0 fully saturated rings. The lowest BCUT2D eigenvalue weighted by atomic mass is 10.1. The van der Waals surface area contributed by atoms with E-state index in [2.05, 4.69) is 4.98 Å². The van der Waals surface area contributed by atoms with E-state index < -0.39 is 6.10 Å². The van der Waals surface area contributed by atoms with Crippen molar-refractivity contribution in [3.63, 3.8) is 0 Å². The van der Waals surface area contributed by atoms with Gasteiger partial charge < -0.3 is 5.11 Å². The molecule has 5 heteroatoms. The van der Waals surface area contributed by atoms with Crippen LogP contribution in [0.25, 0.3) is 0 Å². The minimum Gasteiger partial charge on any atom is -0.387 e. The summed E-state index contributed by atoms with van der Waals surface area (Å²) in [6.07, 6.45) is 1.65. The molecular formula is C11H9Cl2NOS. The zero-order valence-corrected chi connectivity index (χ0v) is 10.6.